The molecular formula is C16H16Cl2N2O. The topological polar surface area (TPSA) is 32.3 Å². The molecule has 0 aliphatic carbocycles. The van der Waals surface area contributed by atoms with Crippen LogP contribution in [0, 0.1) is 0 Å². The molecule has 0 unspecified atom stereocenters. The average molecular weight is 323 g/mol. The Bertz CT molecular complexity index is 619. The van der Waals surface area contributed by atoms with Crippen molar-refractivity contribution in [3.63, 3.8) is 0 Å². The predicted octanol–water partition coefficient (Wildman–Crippen LogP) is 4.31. The van der Waals surface area contributed by atoms with Crippen LogP contribution in [0.25, 0.3) is 0 Å². The van der Waals surface area contributed by atoms with Crippen LogP contribution in [0.3, 0.4) is 0 Å². The van der Waals surface area contributed by atoms with E-state index in [0.717, 1.165) is 11.3 Å². The number of halogens is 2. The molecule has 21 heavy (non-hydrogen) atoms. The summed E-state index contributed by atoms with van der Waals surface area (Å²) in [5.41, 5.74) is 2.60. The monoisotopic (exact) mass is 322 g/mol. The van der Waals surface area contributed by atoms with Crippen LogP contribution in [0.2, 0.25) is 10.0 Å². The van der Waals surface area contributed by atoms with Crippen LogP contribution in [-0.4, -0.2) is 24.9 Å². The number of carbonyl (C=O) groups excluding carboxylic acids is 1. The normalized spacial score (nSPS) is 10.3. The lowest BCUT2D eigenvalue weighted by molar-refractivity contribution is 0.0827. The highest BCUT2D eigenvalue weighted by Crippen LogP contribution is 2.20. The SMILES string of the molecule is CN(C)C(=O)c1ccc(NCc2cc(Cl)cc(Cl)c2)cc1. The Balaban J connectivity index is 2.02. The molecule has 1 amide bonds. The second-order valence-corrected chi connectivity index (χ2v) is 5.78. The second-order valence-electron chi connectivity index (χ2n) is 4.91. The van der Waals surface area contributed by atoms with Crippen molar-refractivity contribution in [2.75, 3.05) is 19.4 Å². The Hall–Kier alpha value is -1.71. The van der Waals surface area contributed by atoms with Crippen molar-refractivity contribution in [1.29, 1.82) is 0 Å². The number of amides is 1. The molecule has 0 saturated carbocycles. The van der Waals surface area contributed by atoms with Crippen LogP contribution in [-0.2, 0) is 6.54 Å². The highest BCUT2D eigenvalue weighted by Gasteiger charge is 2.07. The minimum atomic E-state index is -0.0110. The molecule has 110 valence electrons. The van der Waals surface area contributed by atoms with E-state index in [1.54, 1.807) is 37.2 Å². The summed E-state index contributed by atoms with van der Waals surface area (Å²) < 4.78 is 0. The first-order valence-electron chi connectivity index (χ1n) is 6.46. The van der Waals surface area contributed by atoms with Crippen LogP contribution in [0.5, 0.6) is 0 Å². The summed E-state index contributed by atoms with van der Waals surface area (Å²) in [6, 6.07) is 12.8. The van der Waals surface area contributed by atoms with Crippen LogP contribution in [0.1, 0.15) is 15.9 Å². The Labute approximate surface area is 134 Å². The molecule has 0 heterocycles. The zero-order valence-corrected chi connectivity index (χ0v) is 13.4. The number of nitrogens with zero attached hydrogens (tertiary/aromatic N) is 1. The zero-order valence-electron chi connectivity index (χ0n) is 11.9. The fourth-order valence-electron chi connectivity index (χ4n) is 1.91. The third-order valence-electron chi connectivity index (χ3n) is 2.96. The fourth-order valence-corrected chi connectivity index (χ4v) is 2.48. The molecule has 0 saturated heterocycles. The van der Waals surface area contributed by atoms with E-state index in [4.69, 9.17) is 23.2 Å². The molecule has 0 aliphatic heterocycles. The molecule has 0 spiro atoms. The summed E-state index contributed by atoms with van der Waals surface area (Å²) in [5.74, 6) is -0.0110. The molecule has 1 N–H and O–H groups in total. The Morgan fingerprint density at radius 3 is 2.14 bits per heavy atom. The minimum absolute atomic E-state index is 0.0110. The van der Waals surface area contributed by atoms with Crippen molar-refractivity contribution in [3.8, 4) is 0 Å². The molecular weight excluding hydrogens is 307 g/mol. The maximum absolute atomic E-state index is 11.8. The van der Waals surface area contributed by atoms with Gasteiger partial charge in [-0.15, -0.1) is 0 Å². The average Bonchev–Trinajstić information content (AvgIpc) is 2.44. The smallest absolute Gasteiger partial charge is 0.253 e. The first kappa shape index (κ1) is 15.7. The summed E-state index contributed by atoms with van der Waals surface area (Å²) >= 11 is 11.9. The van der Waals surface area contributed by atoms with E-state index >= 15 is 0 Å². The molecule has 0 atom stereocenters. The van der Waals surface area contributed by atoms with Gasteiger partial charge in [-0.2, -0.15) is 0 Å². The van der Waals surface area contributed by atoms with Gasteiger partial charge in [-0.05, 0) is 48.0 Å². The molecule has 0 bridgehead atoms. The summed E-state index contributed by atoms with van der Waals surface area (Å²) in [6.45, 7) is 0.612. The van der Waals surface area contributed by atoms with Crippen molar-refractivity contribution >= 4 is 34.8 Å². The first-order valence-corrected chi connectivity index (χ1v) is 7.22. The molecule has 0 radical (unpaired) electrons. The highest BCUT2D eigenvalue weighted by atomic mass is 35.5. The van der Waals surface area contributed by atoms with Crippen molar-refractivity contribution in [2.24, 2.45) is 0 Å². The van der Waals surface area contributed by atoms with E-state index in [9.17, 15) is 4.79 Å². The predicted molar refractivity (Wildman–Crippen MR) is 88.2 cm³/mol. The first-order chi connectivity index (χ1) is 9.95. The van der Waals surface area contributed by atoms with Gasteiger partial charge in [0.05, 0.1) is 0 Å². The molecule has 0 aliphatic rings. The van der Waals surface area contributed by atoms with Gasteiger partial charge >= 0.3 is 0 Å². The third kappa shape index (κ3) is 4.38. The van der Waals surface area contributed by atoms with E-state index in [1.807, 2.05) is 24.3 Å². The minimum Gasteiger partial charge on any atom is -0.381 e. The molecule has 5 heteroatoms. The molecule has 0 fully saturated rings. The number of nitrogens with one attached hydrogen (secondary N) is 1. The van der Waals surface area contributed by atoms with Gasteiger partial charge in [0.2, 0.25) is 0 Å². The lowest BCUT2D eigenvalue weighted by atomic mass is 10.1. The molecule has 2 aromatic carbocycles. The second kappa shape index (κ2) is 6.83. The molecule has 2 rings (SSSR count). The number of hydrogen-bond acceptors (Lipinski definition) is 2. The maximum atomic E-state index is 11.8. The number of rotatable bonds is 4. The number of benzene rings is 2. The molecule has 2 aromatic rings. The van der Waals surface area contributed by atoms with Crippen LogP contribution in [0.15, 0.2) is 42.5 Å². The summed E-state index contributed by atoms with van der Waals surface area (Å²) in [7, 11) is 3.47. The Kier molecular flexibility index (Phi) is 5.10. The van der Waals surface area contributed by atoms with Gasteiger partial charge in [-0.1, -0.05) is 23.2 Å². The Morgan fingerprint density at radius 1 is 1.05 bits per heavy atom. The summed E-state index contributed by atoms with van der Waals surface area (Å²) in [6.07, 6.45) is 0. The lowest BCUT2D eigenvalue weighted by Gasteiger charge is -2.11. The van der Waals surface area contributed by atoms with E-state index in [-0.39, 0.29) is 5.91 Å². The lowest BCUT2D eigenvalue weighted by Crippen LogP contribution is -2.21. The number of carbonyl (C=O) groups is 1. The van der Waals surface area contributed by atoms with Crippen molar-refractivity contribution in [3.05, 3.63) is 63.6 Å². The van der Waals surface area contributed by atoms with Crippen molar-refractivity contribution in [2.45, 2.75) is 6.54 Å². The van der Waals surface area contributed by atoms with Crippen LogP contribution >= 0.6 is 23.2 Å². The summed E-state index contributed by atoms with van der Waals surface area (Å²) in [5, 5.41) is 4.50. The van der Waals surface area contributed by atoms with Gasteiger partial charge in [0, 0.05) is 41.9 Å². The van der Waals surface area contributed by atoms with Crippen molar-refractivity contribution in [1.82, 2.24) is 4.90 Å². The quantitative estimate of drug-likeness (QED) is 0.909. The largest absolute Gasteiger partial charge is 0.381 e. The molecule has 0 aromatic heterocycles. The van der Waals surface area contributed by atoms with E-state index in [2.05, 4.69) is 5.32 Å². The highest BCUT2D eigenvalue weighted by molar-refractivity contribution is 6.34. The van der Waals surface area contributed by atoms with Gasteiger partial charge in [-0.25, -0.2) is 0 Å². The third-order valence-corrected chi connectivity index (χ3v) is 3.39. The maximum Gasteiger partial charge on any atom is 0.253 e. The van der Waals surface area contributed by atoms with Crippen molar-refractivity contribution < 1.29 is 4.79 Å². The van der Waals surface area contributed by atoms with Gasteiger partial charge < -0.3 is 10.2 Å². The van der Waals surface area contributed by atoms with Gasteiger partial charge in [0.25, 0.3) is 5.91 Å². The summed E-state index contributed by atoms with van der Waals surface area (Å²) in [4.78, 5) is 13.3. The van der Waals surface area contributed by atoms with E-state index in [1.165, 1.54) is 0 Å². The van der Waals surface area contributed by atoms with Gasteiger partial charge in [0.15, 0.2) is 0 Å². The van der Waals surface area contributed by atoms with Gasteiger partial charge in [0.1, 0.15) is 0 Å². The van der Waals surface area contributed by atoms with Crippen LogP contribution < -0.4 is 5.32 Å². The Morgan fingerprint density at radius 2 is 1.62 bits per heavy atom. The standard InChI is InChI=1S/C16H16Cl2N2O/c1-20(2)16(21)12-3-5-15(6-4-12)19-10-11-7-13(17)9-14(18)8-11/h3-9,19H,10H2,1-2H3. The van der Waals surface area contributed by atoms with E-state index < -0.39 is 0 Å². The fraction of sp³-hybridized carbons (Fsp3) is 0.188. The van der Waals surface area contributed by atoms with Gasteiger partial charge in [-0.3, -0.25) is 4.79 Å². The molecule has 3 nitrogen and oxygen atoms in total. The number of hydrogen-bond donors (Lipinski definition) is 1. The number of anilines is 1. The van der Waals surface area contributed by atoms with E-state index in [0.29, 0.717) is 22.2 Å². The zero-order chi connectivity index (χ0) is 15.4. The van der Waals surface area contributed by atoms with Crippen LogP contribution in [0.4, 0.5) is 5.69 Å².